The van der Waals surface area contributed by atoms with E-state index in [9.17, 15) is 4.79 Å². The summed E-state index contributed by atoms with van der Waals surface area (Å²) in [6.07, 6.45) is 3.76. The number of benzene rings is 3. The number of nitrogens with zero attached hydrogens (tertiary/aromatic N) is 4. The quantitative estimate of drug-likeness (QED) is 0.405. The van der Waals surface area contributed by atoms with E-state index in [-0.39, 0.29) is 5.91 Å². The molecular weight excluding hydrogens is 432 g/mol. The van der Waals surface area contributed by atoms with Gasteiger partial charge in [0.1, 0.15) is 0 Å². The van der Waals surface area contributed by atoms with E-state index in [4.69, 9.17) is 11.6 Å². The lowest BCUT2D eigenvalue weighted by Gasteiger charge is -2.34. The van der Waals surface area contributed by atoms with Gasteiger partial charge in [0.15, 0.2) is 0 Å². The maximum Gasteiger partial charge on any atom is 0.241 e. The van der Waals surface area contributed by atoms with E-state index in [0.717, 1.165) is 24.5 Å². The predicted octanol–water partition coefficient (Wildman–Crippen LogP) is 5.10. The Kier molecular flexibility index (Phi) is 6.24. The molecule has 0 N–H and O–H groups in total. The second-order valence-corrected chi connectivity index (χ2v) is 8.75. The number of carbonyl (C=O) groups excluding carboxylic acids is 1. The topological polar surface area (TPSA) is 41.4 Å². The Balaban J connectivity index is 1.22. The van der Waals surface area contributed by atoms with Gasteiger partial charge in [-0.3, -0.25) is 9.69 Å². The Hall–Kier alpha value is -3.41. The number of amides is 1. The average molecular weight is 457 g/mol. The molecule has 166 valence electrons. The molecular formula is C27H25ClN4O. The van der Waals surface area contributed by atoms with Crippen molar-refractivity contribution in [2.24, 2.45) is 0 Å². The summed E-state index contributed by atoms with van der Waals surface area (Å²) in [5, 5.41) is 0.642. The van der Waals surface area contributed by atoms with Crippen molar-refractivity contribution in [3.05, 3.63) is 108 Å². The van der Waals surface area contributed by atoms with Crippen molar-refractivity contribution >= 4 is 23.2 Å². The van der Waals surface area contributed by atoms with E-state index in [1.54, 1.807) is 0 Å². The minimum absolute atomic E-state index is 0.0890. The van der Waals surface area contributed by atoms with Crippen LogP contribution in [0.3, 0.4) is 0 Å². The standard InChI is InChI=1S/C27H25ClN4O/c28-24-7-4-8-25(15-24)32-14-13-30(19-27(32)33)18-26-16-29-20-31(26)17-21-9-11-23(12-10-21)22-5-2-1-3-6-22/h1-12,15-16,20H,13-14,17-19H2. The Morgan fingerprint density at radius 3 is 2.39 bits per heavy atom. The first-order valence-electron chi connectivity index (χ1n) is 11.1. The molecule has 0 bridgehead atoms. The van der Waals surface area contributed by atoms with Crippen LogP contribution in [0.5, 0.6) is 0 Å². The van der Waals surface area contributed by atoms with E-state index in [2.05, 4.69) is 63.0 Å². The van der Waals surface area contributed by atoms with Gasteiger partial charge >= 0.3 is 0 Å². The van der Waals surface area contributed by atoms with Crippen molar-refractivity contribution in [1.29, 1.82) is 0 Å². The third kappa shape index (κ3) is 5.00. The molecule has 4 aromatic rings. The van der Waals surface area contributed by atoms with Gasteiger partial charge in [-0.15, -0.1) is 0 Å². The number of halogens is 1. The van der Waals surface area contributed by atoms with E-state index < -0.39 is 0 Å². The lowest BCUT2D eigenvalue weighted by molar-refractivity contribution is -0.121. The van der Waals surface area contributed by atoms with Crippen LogP contribution in [0.2, 0.25) is 5.02 Å². The van der Waals surface area contributed by atoms with Gasteiger partial charge in [-0.05, 0) is 34.9 Å². The number of hydrogen-bond acceptors (Lipinski definition) is 3. The van der Waals surface area contributed by atoms with Crippen LogP contribution in [-0.2, 0) is 17.9 Å². The zero-order chi connectivity index (χ0) is 22.6. The molecule has 5 rings (SSSR count). The largest absolute Gasteiger partial charge is 0.329 e. The fourth-order valence-corrected chi connectivity index (χ4v) is 4.44. The van der Waals surface area contributed by atoms with Crippen LogP contribution in [0.1, 0.15) is 11.3 Å². The summed E-state index contributed by atoms with van der Waals surface area (Å²) in [4.78, 5) is 21.1. The molecule has 1 fully saturated rings. The molecule has 0 aliphatic carbocycles. The summed E-state index contributed by atoms with van der Waals surface area (Å²) in [6.45, 7) is 3.27. The first-order chi connectivity index (χ1) is 16.2. The van der Waals surface area contributed by atoms with Crippen molar-refractivity contribution in [2.75, 3.05) is 24.5 Å². The fraction of sp³-hybridized carbons (Fsp3) is 0.185. The minimum atomic E-state index is 0.0890. The summed E-state index contributed by atoms with van der Waals surface area (Å²) in [7, 11) is 0. The molecule has 1 aliphatic heterocycles. The van der Waals surface area contributed by atoms with Gasteiger partial charge in [0.25, 0.3) is 0 Å². The first kappa shape index (κ1) is 21.4. The molecule has 0 saturated carbocycles. The lowest BCUT2D eigenvalue weighted by atomic mass is 10.0. The molecule has 1 aliphatic rings. The second kappa shape index (κ2) is 9.61. The Morgan fingerprint density at radius 1 is 0.848 bits per heavy atom. The number of rotatable bonds is 6. The zero-order valence-electron chi connectivity index (χ0n) is 18.3. The maximum atomic E-state index is 12.8. The van der Waals surface area contributed by atoms with Crippen LogP contribution in [0.4, 0.5) is 5.69 Å². The highest BCUT2D eigenvalue weighted by atomic mass is 35.5. The van der Waals surface area contributed by atoms with Gasteiger partial charge in [0.05, 0.1) is 18.6 Å². The van der Waals surface area contributed by atoms with Crippen LogP contribution in [0, 0.1) is 0 Å². The summed E-state index contributed by atoms with van der Waals surface area (Å²) in [5.74, 6) is 0.0890. The minimum Gasteiger partial charge on any atom is -0.329 e. The zero-order valence-corrected chi connectivity index (χ0v) is 19.0. The van der Waals surface area contributed by atoms with Gasteiger partial charge in [0, 0.05) is 43.1 Å². The van der Waals surface area contributed by atoms with Crippen molar-refractivity contribution in [2.45, 2.75) is 13.1 Å². The lowest BCUT2D eigenvalue weighted by Crippen LogP contribution is -2.50. The van der Waals surface area contributed by atoms with Crippen LogP contribution in [-0.4, -0.2) is 40.0 Å². The smallest absolute Gasteiger partial charge is 0.241 e. The molecule has 1 amide bonds. The number of carbonyl (C=O) groups is 1. The molecule has 1 aromatic heterocycles. The fourth-order valence-electron chi connectivity index (χ4n) is 4.26. The highest BCUT2D eigenvalue weighted by molar-refractivity contribution is 6.30. The third-order valence-electron chi connectivity index (χ3n) is 6.02. The van der Waals surface area contributed by atoms with Gasteiger partial charge in [-0.2, -0.15) is 0 Å². The normalized spacial score (nSPS) is 14.6. The van der Waals surface area contributed by atoms with Crippen molar-refractivity contribution in [3.63, 3.8) is 0 Å². The molecule has 0 atom stereocenters. The van der Waals surface area contributed by atoms with Crippen LogP contribution >= 0.6 is 11.6 Å². The summed E-state index contributed by atoms with van der Waals surface area (Å²) < 4.78 is 2.16. The van der Waals surface area contributed by atoms with Gasteiger partial charge in [0.2, 0.25) is 5.91 Å². The summed E-state index contributed by atoms with van der Waals surface area (Å²) in [6, 6.07) is 26.5. The molecule has 2 heterocycles. The van der Waals surface area contributed by atoms with Crippen LogP contribution in [0.15, 0.2) is 91.4 Å². The third-order valence-corrected chi connectivity index (χ3v) is 6.25. The van der Waals surface area contributed by atoms with E-state index in [1.165, 1.54) is 16.7 Å². The number of piperazine rings is 1. The monoisotopic (exact) mass is 456 g/mol. The van der Waals surface area contributed by atoms with Crippen molar-refractivity contribution in [3.8, 4) is 11.1 Å². The number of aromatic nitrogens is 2. The second-order valence-electron chi connectivity index (χ2n) is 8.31. The molecule has 0 spiro atoms. The Morgan fingerprint density at radius 2 is 1.64 bits per heavy atom. The molecule has 0 unspecified atom stereocenters. The maximum absolute atomic E-state index is 12.8. The van der Waals surface area contributed by atoms with E-state index >= 15 is 0 Å². The molecule has 5 nitrogen and oxygen atoms in total. The summed E-state index contributed by atoms with van der Waals surface area (Å²) in [5.41, 5.74) is 5.60. The van der Waals surface area contributed by atoms with Crippen LogP contribution < -0.4 is 4.90 Å². The average Bonchev–Trinajstić information content (AvgIpc) is 3.26. The number of anilines is 1. The Labute approximate surface area is 198 Å². The molecule has 0 radical (unpaired) electrons. The SMILES string of the molecule is O=C1CN(Cc2cncn2Cc2ccc(-c3ccccc3)cc2)CCN1c1cccc(Cl)c1. The van der Waals surface area contributed by atoms with E-state index in [0.29, 0.717) is 24.7 Å². The molecule has 33 heavy (non-hydrogen) atoms. The highest BCUT2D eigenvalue weighted by Crippen LogP contribution is 2.23. The van der Waals surface area contributed by atoms with Gasteiger partial charge in [-0.25, -0.2) is 4.98 Å². The van der Waals surface area contributed by atoms with Crippen molar-refractivity contribution in [1.82, 2.24) is 14.5 Å². The number of imidazole rings is 1. The first-order valence-corrected chi connectivity index (χ1v) is 11.5. The molecule has 1 saturated heterocycles. The number of hydrogen-bond donors (Lipinski definition) is 0. The predicted molar refractivity (Wildman–Crippen MR) is 132 cm³/mol. The van der Waals surface area contributed by atoms with Crippen LogP contribution in [0.25, 0.3) is 11.1 Å². The summed E-state index contributed by atoms with van der Waals surface area (Å²) >= 11 is 6.10. The van der Waals surface area contributed by atoms with Gasteiger partial charge < -0.3 is 9.47 Å². The highest BCUT2D eigenvalue weighted by Gasteiger charge is 2.25. The Bertz CT molecular complexity index is 1240. The molecule has 3 aromatic carbocycles. The van der Waals surface area contributed by atoms with E-state index in [1.807, 2.05) is 47.8 Å². The molecule has 6 heteroatoms. The van der Waals surface area contributed by atoms with Crippen molar-refractivity contribution < 1.29 is 4.79 Å². The van der Waals surface area contributed by atoms with Gasteiger partial charge in [-0.1, -0.05) is 72.3 Å².